The number of anilines is 1. The second-order valence-corrected chi connectivity index (χ2v) is 10.9. The highest BCUT2D eigenvalue weighted by molar-refractivity contribution is 6.00. The zero-order valence-corrected chi connectivity index (χ0v) is 21.1. The Kier molecular flexibility index (Phi) is 6.75. The molecule has 2 saturated heterocycles. The highest BCUT2D eigenvalue weighted by atomic mass is 19.3. The second kappa shape index (κ2) is 10.2. The van der Waals surface area contributed by atoms with Gasteiger partial charge in [-0.3, -0.25) is 0 Å². The van der Waals surface area contributed by atoms with Crippen LogP contribution < -0.4 is 10.5 Å². The molecule has 3 aromatic rings. The Morgan fingerprint density at radius 3 is 2.76 bits per heavy atom. The van der Waals surface area contributed by atoms with Gasteiger partial charge in [-0.2, -0.15) is 0 Å². The van der Waals surface area contributed by atoms with Gasteiger partial charge < -0.3 is 24.7 Å². The lowest BCUT2D eigenvalue weighted by atomic mass is 9.79. The van der Waals surface area contributed by atoms with Gasteiger partial charge in [0, 0.05) is 56.9 Å². The van der Waals surface area contributed by atoms with Gasteiger partial charge in [-0.25, -0.2) is 18.7 Å². The molecule has 3 fully saturated rings. The zero-order valence-electron chi connectivity index (χ0n) is 21.1. The average molecular weight is 512 g/mol. The van der Waals surface area contributed by atoms with Gasteiger partial charge in [0.25, 0.3) is 5.92 Å². The fourth-order valence-electron chi connectivity index (χ4n) is 5.99. The summed E-state index contributed by atoms with van der Waals surface area (Å²) in [5.41, 5.74) is 9.20. The maximum Gasteiger partial charge on any atom is 0.250 e. The minimum absolute atomic E-state index is 0.0264. The van der Waals surface area contributed by atoms with Crippen LogP contribution in [0.15, 0.2) is 36.8 Å². The third-order valence-electron chi connectivity index (χ3n) is 8.20. The predicted molar refractivity (Wildman–Crippen MR) is 139 cm³/mol. The lowest BCUT2D eigenvalue weighted by Gasteiger charge is -2.41. The zero-order chi connectivity index (χ0) is 25.4. The largest absolute Gasteiger partial charge is 0.491 e. The monoisotopic (exact) mass is 511 g/mol. The summed E-state index contributed by atoms with van der Waals surface area (Å²) in [5, 5.41) is 0.858. The summed E-state index contributed by atoms with van der Waals surface area (Å²) < 4.78 is 41.1. The van der Waals surface area contributed by atoms with Crippen molar-refractivity contribution in [2.24, 2.45) is 5.92 Å². The van der Waals surface area contributed by atoms with Crippen molar-refractivity contribution < 1.29 is 18.3 Å². The van der Waals surface area contributed by atoms with Crippen LogP contribution in [-0.2, 0) is 4.74 Å². The van der Waals surface area contributed by atoms with Crippen molar-refractivity contribution in [2.75, 3.05) is 38.6 Å². The van der Waals surface area contributed by atoms with Gasteiger partial charge in [-0.1, -0.05) is 12.1 Å². The number of piperidine rings is 1. The number of likely N-dealkylation sites (tertiary alicyclic amines) is 1. The molecule has 7 nitrogen and oxygen atoms in total. The number of ether oxygens (including phenoxy) is 2. The van der Waals surface area contributed by atoms with Gasteiger partial charge in [0.05, 0.1) is 11.5 Å². The summed E-state index contributed by atoms with van der Waals surface area (Å²) in [6.07, 6.45) is 9.11. The van der Waals surface area contributed by atoms with Gasteiger partial charge in [0.1, 0.15) is 30.1 Å². The van der Waals surface area contributed by atoms with Crippen molar-refractivity contribution in [2.45, 2.75) is 63.0 Å². The predicted octanol–water partition coefficient (Wildman–Crippen LogP) is 5.31. The van der Waals surface area contributed by atoms with Gasteiger partial charge >= 0.3 is 0 Å². The van der Waals surface area contributed by atoms with Crippen LogP contribution in [0.5, 0.6) is 5.75 Å². The number of benzene rings is 1. The van der Waals surface area contributed by atoms with E-state index in [0.717, 1.165) is 66.7 Å². The molecule has 0 spiro atoms. The Labute approximate surface area is 216 Å². The lowest BCUT2D eigenvalue weighted by Crippen LogP contribution is -2.44. The number of nitrogens with two attached hydrogens (primary N) is 1. The molecule has 0 amide bonds. The quantitative estimate of drug-likeness (QED) is 0.463. The summed E-state index contributed by atoms with van der Waals surface area (Å²) in [6.45, 7) is 3.22. The second-order valence-electron chi connectivity index (χ2n) is 10.9. The van der Waals surface area contributed by atoms with E-state index in [4.69, 9.17) is 15.2 Å². The SMILES string of the molecule is Nc1ncnc2c1c(-c1cccc(OCC3CCCCO3)c1)cn2C1CC(CN2CCC(F)(F)CC2)C1. The maximum absolute atomic E-state index is 13.5. The van der Waals surface area contributed by atoms with Crippen LogP contribution in [0.1, 0.15) is 51.0 Å². The number of alkyl halides is 2. The van der Waals surface area contributed by atoms with E-state index < -0.39 is 5.92 Å². The lowest BCUT2D eigenvalue weighted by molar-refractivity contribution is -0.0603. The molecule has 1 aromatic carbocycles. The van der Waals surface area contributed by atoms with E-state index in [9.17, 15) is 8.78 Å². The first-order chi connectivity index (χ1) is 17.9. The summed E-state index contributed by atoms with van der Waals surface area (Å²) in [4.78, 5) is 11.1. The van der Waals surface area contributed by atoms with E-state index in [2.05, 4.69) is 31.7 Å². The Bertz CT molecular complexity index is 1230. The van der Waals surface area contributed by atoms with Crippen molar-refractivity contribution in [3.63, 3.8) is 0 Å². The van der Waals surface area contributed by atoms with Gasteiger partial charge in [-0.15, -0.1) is 0 Å². The summed E-state index contributed by atoms with van der Waals surface area (Å²) in [7, 11) is 0. The molecular weight excluding hydrogens is 476 g/mol. The number of halogens is 2. The van der Waals surface area contributed by atoms with Gasteiger partial charge in [-0.05, 0) is 55.7 Å². The number of nitrogens with zero attached hydrogens (tertiary/aromatic N) is 4. The molecule has 198 valence electrons. The highest BCUT2D eigenvalue weighted by Gasteiger charge is 2.38. The normalized spacial score (nSPS) is 26.2. The summed E-state index contributed by atoms with van der Waals surface area (Å²) in [6, 6.07) is 8.38. The molecule has 9 heteroatoms. The number of nitrogen functional groups attached to an aromatic ring is 1. The van der Waals surface area contributed by atoms with Crippen LogP contribution in [0, 0.1) is 5.92 Å². The Balaban J connectivity index is 1.17. The topological polar surface area (TPSA) is 78.4 Å². The molecule has 2 aliphatic heterocycles. The third kappa shape index (κ3) is 5.29. The van der Waals surface area contributed by atoms with Crippen molar-refractivity contribution in [1.29, 1.82) is 0 Å². The van der Waals surface area contributed by atoms with E-state index in [-0.39, 0.29) is 18.9 Å². The minimum atomic E-state index is -2.50. The molecule has 1 aliphatic carbocycles. The van der Waals surface area contributed by atoms with E-state index in [1.807, 2.05) is 18.2 Å². The number of hydrogen-bond acceptors (Lipinski definition) is 6. The number of rotatable bonds is 7. The fourth-order valence-corrected chi connectivity index (χ4v) is 5.99. The van der Waals surface area contributed by atoms with Crippen LogP contribution >= 0.6 is 0 Å². The van der Waals surface area contributed by atoms with Gasteiger partial charge in [0.2, 0.25) is 0 Å². The van der Waals surface area contributed by atoms with E-state index >= 15 is 0 Å². The molecule has 37 heavy (non-hydrogen) atoms. The average Bonchev–Trinajstić information content (AvgIpc) is 3.27. The molecule has 3 aliphatic rings. The smallest absolute Gasteiger partial charge is 0.250 e. The first-order valence-electron chi connectivity index (χ1n) is 13.5. The van der Waals surface area contributed by atoms with Crippen molar-refractivity contribution in [3.8, 4) is 16.9 Å². The van der Waals surface area contributed by atoms with E-state index in [0.29, 0.717) is 37.5 Å². The Morgan fingerprint density at radius 1 is 1.14 bits per heavy atom. The van der Waals surface area contributed by atoms with E-state index in [1.54, 1.807) is 0 Å². The molecule has 1 unspecified atom stereocenters. The molecule has 1 atom stereocenters. The molecule has 0 bridgehead atoms. The Morgan fingerprint density at radius 2 is 1.97 bits per heavy atom. The van der Waals surface area contributed by atoms with Crippen LogP contribution in [0.3, 0.4) is 0 Å². The van der Waals surface area contributed by atoms with Crippen LogP contribution in [0.4, 0.5) is 14.6 Å². The standard InChI is InChI=1S/C28H35F2N5O2/c29-28(30)7-9-34(10-8-28)15-19-12-21(13-19)35-16-24(25-26(31)32-18-33-27(25)35)20-4-3-6-22(14-20)37-17-23-5-1-2-11-36-23/h3-4,6,14,16,18-19,21,23H,1-2,5,7-13,15,17H2,(H2,31,32,33). The molecular formula is C28H35F2N5O2. The van der Waals surface area contributed by atoms with Crippen LogP contribution in [0.2, 0.25) is 0 Å². The van der Waals surface area contributed by atoms with Crippen molar-refractivity contribution in [1.82, 2.24) is 19.4 Å². The maximum atomic E-state index is 13.5. The van der Waals surface area contributed by atoms with Crippen molar-refractivity contribution in [3.05, 3.63) is 36.8 Å². The molecule has 1 saturated carbocycles. The van der Waals surface area contributed by atoms with E-state index in [1.165, 1.54) is 12.7 Å². The number of fused-ring (bicyclic) bond motifs is 1. The summed E-state index contributed by atoms with van der Waals surface area (Å²) >= 11 is 0. The first kappa shape index (κ1) is 24.6. The fraction of sp³-hybridized carbons (Fsp3) is 0.571. The van der Waals surface area contributed by atoms with Crippen LogP contribution in [-0.4, -0.2) is 64.3 Å². The minimum Gasteiger partial charge on any atom is -0.491 e. The molecule has 6 rings (SSSR count). The molecule has 2 aromatic heterocycles. The van der Waals surface area contributed by atoms with Crippen LogP contribution in [0.25, 0.3) is 22.2 Å². The molecule has 0 radical (unpaired) electrons. The molecule has 4 heterocycles. The number of hydrogen-bond donors (Lipinski definition) is 1. The third-order valence-corrected chi connectivity index (χ3v) is 8.20. The van der Waals surface area contributed by atoms with Crippen molar-refractivity contribution >= 4 is 16.9 Å². The number of aromatic nitrogens is 3. The van der Waals surface area contributed by atoms with Gasteiger partial charge in [0.15, 0.2) is 0 Å². The first-order valence-corrected chi connectivity index (χ1v) is 13.5. The highest BCUT2D eigenvalue weighted by Crippen LogP contribution is 2.44. The Hall–Kier alpha value is -2.78. The molecule has 2 N–H and O–H groups in total. The summed E-state index contributed by atoms with van der Waals surface area (Å²) in [5.74, 6) is -0.717.